The molecule has 0 heterocycles. The van der Waals surface area contributed by atoms with Crippen LogP contribution in [0.3, 0.4) is 0 Å². The molecule has 0 bridgehead atoms. The van der Waals surface area contributed by atoms with Crippen LogP contribution in [0.2, 0.25) is 18.1 Å². The van der Waals surface area contributed by atoms with Crippen molar-refractivity contribution >= 4 is 25.7 Å². The van der Waals surface area contributed by atoms with Crippen molar-refractivity contribution in [3.8, 4) is 0 Å². The number of halogens is 1. The van der Waals surface area contributed by atoms with Crippen LogP contribution < -0.4 is 0 Å². The summed E-state index contributed by atoms with van der Waals surface area (Å²) >= 11 is 6.58. The third-order valence-electron chi connectivity index (χ3n) is 4.58. The van der Waals surface area contributed by atoms with Gasteiger partial charge >= 0.3 is 0 Å². The molecule has 0 unspecified atom stereocenters. The predicted octanol–water partition coefficient (Wildman–Crippen LogP) is 4.52. The summed E-state index contributed by atoms with van der Waals surface area (Å²) in [5.74, 6) is 0.168. The van der Waals surface area contributed by atoms with E-state index < -0.39 is 13.2 Å². The summed E-state index contributed by atoms with van der Waals surface area (Å²) in [5.41, 5.74) is 0. The standard InChI is InChI=1S/C14H27ClO2Si/c1-11(17-18(5,6)13(2,3)4)14(15)10-8-7-9-12(14)16/h11H,7-10H2,1-6H3/t11-,14-/m0/s1. The van der Waals surface area contributed by atoms with Crippen molar-refractivity contribution in [2.24, 2.45) is 0 Å². The second-order valence-corrected chi connectivity index (χ2v) is 12.4. The van der Waals surface area contributed by atoms with Crippen LogP contribution in [-0.2, 0) is 9.22 Å². The molecule has 1 saturated carbocycles. The zero-order chi connectivity index (χ0) is 14.2. The molecule has 2 atom stereocenters. The van der Waals surface area contributed by atoms with Crippen molar-refractivity contribution in [2.45, 2.75) is 82.5 Å². The van der Waals surface area contributed by atoms with E-state index in [1.165, 1.54) is 0 Å². The van der Waals surface area contributed by atoms with Crippen molar-refractivity contribution in [2.75, 3.05) is 0 Å². The first kappa shape index (κ1) is 16.2. The van der Waals surface area contributed by atoms with E-state index in [-0.39, 0.29) is 16.9 Å². The first-order chi connectivity index (χ1) is 8.01. The number of carbonyl (C=O) groups excluding carboxylic acids is 1. The molecule has 0 N–H and O–H groups in total. The fraction of sp³-hybridized carbons (Fsp3) is 0.929. The molecule has 1 fully saturated rings. The molecular weight excluding hydrogens is 264 g/mol. The van der Waals surface area contributed by atoms with Gasteiger partial charge < -0.3 is 4.43 Å². The minimum atomic E-state index is -1.87. The summed E-state index contributed by atoms with van der Waals surface area (Å²) in [6.07, 6.45) is 3.17. The third-order valence-corrected chi connectivity index (χ3v) is 9.84. The number of Topliss-reactive ketones (excluding diaryl/α,β-unsaturated/α-hetero) is 1. The topological polar surface area (TPSA) is 26.3 Å². The van der Waals surface area contributed by atoms with Crippen LogP contribution in [0.15, 0.2) is 0 Å². The average Bonchev–Trinajstić information content (AvgIpc) is 2.20. The molecular formula is C14H27ClO2Si. The second-order valence-electron chi connectivity index (χ2n) is 7.01. The van der Waals surface area contributed by atoms with Gasteiger partial charge in [-0.15, -0.1) is 11.6 Å². The fourth-order valence-corrected chi connectivity index (χ4v) is 3.94. The van der Waals surface area contributed by atoms with Crippen molar-refractivity contribution in [3.05, 3.63) is 0 Å². The van der Waals surface area contributed by atoms with Gasteiger partial charge in [-0.2, -0.15) is 0 Å². The summed E-state index contributed by atoms with van der Waals surface area (Å²) in [6, 6.07) is 0. The molecule has 0 radical (unpaired) electrons. The normalized spacial score (nSPS) is 28.3. The molecule has 18 heavy (non-hydrogen) atoms. The quantitative estimate of drug-likeness (QED) is 0.564. The Morgan fingerprint density at radius 2 is 1.89 bits per heavy atom. The maximum Gasteiger partial charge on any atom is 0.192 e. The van der Waals surface area contributed by atoms with Gasteiger partial charge in [0.2, 0.25) is 0 Å². The number of ketones is 1. The SMILES string of the molecule is C[C@H](O[Si](C)(C)C(C)(C)C)[C@@]1(Cl)CCCCC1=O. The molecule has 4 heteroatoms. The molecule has 106 valence electrons. The van der Waals surface area contributed by atoms with Gasteiger partial charge in [0.05, 0.1) is 6.10 Å². The van der Waals surface area contributed by atoms with E-state index >= 15 is 0 Å². The van der Waals surface area contributed by atoms with Crippen LogP contribution >= 0.6 is 11.6 Å². The molecule has 0 aromatic carbocycles. The Bertz CT molecular complexity index is 322. The van der Waals surface area contributed by atoms with Crippen molar-refractivity contribution < 1.29 is 9.22 Å². The van der Waals surface area contributed by atoms with Gasteiger partial charge in [-0.3, -0.25) is 4.79 Å². The van der Waals surface area contributed by atoms with E-state index in [1.807, 2.05) is 6.92 Å². The highest BCUT2D eigenvalue weighted by Crippen LogP contribution is 2.42. The van der Waals surface area contributed by atoms with E-state index in [2.05, 4.69) is 33.9 Å². The molecule has 0 aromatic heterocycles. The second kappa shape index (κ2) is 5.26. The molecule has 0 aliphatic heterocycles. The van der Waals surface area contributed by atoms with Crippen LogP contribution in [0.4, 0.5) is 0 Å². The van der Waals surface area contributed by atoms with Gasteiger partial charge in [-0.05, 0) is 37.9 Å². The van der Waals surface area contributed by atoms with E-state index in [1.54, 1.807) is 0 Å². The van der Waals surface area contributed by atoms with E-state index in [9.17, 15) is 4.79 Å². The molecule has 0 spiro atoms. The Kier molecular flexibility index (Phi) is 4.73. The number of hydrogen-bond acceptors (Lipinski definition) is 2. The molecule has 0 saturated heterocycles. The minimum absolute atomic E-state index is 0.145. The van der Waals surface area contributed by atoms with Crippen LogP contribution in [0.1, 0.15) is 53.4 Å². The summed E-state index contributed by atoms with van der Waals surface area (Å²) in [5, 5.41) is 0.145. The smallest absolute Gasteiger partial charge is 0.192 e. The van der Waals surface area contributed by atoms with E-state index in [0.717, 1.165) is 19.3 Å². The molecule has 1 aliphatic carbocycles. The highest BCUT2D eigenvalue weighted by atomic mass is 35.5. The maximum atomic E-state index is 12.1. The summed E-state index contributed by atoms with van der Waals surface area (Å²) < 4.78 is 6.30. The van der Waals surface area contributed by atoms with Crippen molar-refractivity contribution in [1.29, 1.82) is 0 Å². The Morgan fingerprint density at radius 3 is 2.33 bits per heavy atom. The Balaban J connectivity index is 2.81. The average molecular weight is 291 g/mol. The number of carbonyl (C=O) groups is 1. The number of hydrogen-bond donors (Lipinski definition) is 0. The highest BCUT2D eigenvalue weighted by Gasteiger charge is 2.47. The van der Waals surface area contributed by atoms with Gasteiger partial charge in [-0.25, -0.2) is 0 Å². The van der Waals surface area contributed by atoms with Gasteiger partial charge in [0.25, 0.3) is 0 Å². The summed E-state index contributed by atoms with van der Waals surface area (Å²) in [6.45, 7) is 13.0. The molecule has 0 aromatic rings. The fourth-order valence-electron chi connectivity index (χ4n) is 2.16. The van der Waals surface area contributed by atoms with E-state index in [4.69, 9.17) is 16.0 Å². The molecule has 0 amide bonds. The van der Waals surface area contributed by atoms with Gasteiger partial charge in [0, 0.05) is 6.42 Å². The first-order valence-corrected chi connectivity index (χ1v) is 10.2. The molecule has 2 nitrogen and oxygen atoms in total. The van der Waals surface area contributed by atoms with Gasteiger partial charge in [0.1, 0.15) is 4.87 Å². The zero-order valence-electron chi connectivity index (χ0n) is 12.6. The Morgan fingerprint density at radius 1 is 1.33 bits per heavy atom. The first-order valence-electron chi connectivity index (χ1n) is 6.91. The van der Waals surface area contributed by atoms with Gasteiger partial charge in [-0.1, -0.05) is 27.2 Å². The lowest BCUT2D eigenvalue weighted by Gasteiger charge is -2.43. The Hall–Kier alpha value is 0.137. The lowest BCUT2D eigenvalue weighted by molar-refractivity contribution is -0.125. The van der Waals surface area contributed by atoms with E-state index in [0.29, 0.717) is 6.42 Å². The largest absolute Gasteiger partial charge is 0.412 e. The lowest BCUT2D eigenvalue weighted by atomic mass is 9.84. The number of rotatable bonds is 3. The highest BCUT2D eigenvalue weighted by molar-refractivity contribution is 6.74. The predicted molar refractivity (Wildman–Crippen MR) is 79.8 cm³/mol. The van der Waals surface area contributed by atoms with Crippen molar-refractivity contribution in [3.63, 3.8) is 0 Å². The van der Waals surface area contributed by atoms with Gasteiger partial charge in [0.15, 0.2) is 14.1 Å². The molecule has 1 rings (SSSR count). The third kappa shape index (κ3) is 3.17. The molecule has 1 aliphatic rings. The van der Waals surface area contributed by atoms with Crippen LogP contribution in [0, 0.1) is 0 Å². The zero-order valence-corrected chi connectivity index (χ0v) is 14.4. The monoisotopic (exact) mass is 290 g/mol. The van der Waals surface area contributed by atoms with Crippen LogP contribution in [-0.4, -0.2) is 25.1 Å². The summed E-state index contributed by atoms with van der Waals surface area (Å²) in [7, 11) is -1.87. The minimum Gasteiger partial charge on any atom is -0.412 e. The maximum absolute atomic E-state index is 12.1. The van der Waals surface area contributed by atoms with Crippen LogP contribution in [0.25, 0.3) is 0 Å². The Labute approximate surface area is 118 Å². The summed E-state index contributed by atoms with van der Waals surface area (Å²) in [4.78, 5) is 11.3. The number of alkyl halides is 1. The van der Waals surface area contributed by atoms with Crippen LogP contribution in [0.5, 0.6) is 0 Å². The lowest BCUT2D eigenvalue weighted by Crippen LogP contribution is -2.53. The van der Waals surface area contributed by atoms with Crippen molar-refractivity contribution in [1.82, 2.24) is 0 Å².